The van der Waals surface area contributed by atoms with Crippen molar-refractivity contribution in [3.63, 3.8) is 0 Å². The third-order valence-electron chi connectivity index (χ3n) is 4.62. The van der Waals surface area contributed by atoms with Crippen molar-refractivity contribution in [1.29, 1.82) is 0 Å². The van der Waals surface area contributed by atoms with Crippen LogP contribution in [0.1, 0.15) is 31.9 Å². The van der Waals surface area contributed by atoms with E-state index in [1.54, 1.807) is 26.4 Å². The maximum atomic E-state index is 12.3. The molecule has 156 valence electrons. The number of methoxy groups -OCH3 is 2. The van der Waals surface area contributed by atoms with Crippen LogP contribution in [0.4, 0.5) is 5.13 Å². The Hall–Kier alpha value is -3.12. The molecule has 0 atom stereocenters. The molecule has 0 saturated carbocycles. The highest BCUT2D eigenvalue weighted by Crippen LogP contribution is 2.29. The average molecular weight is 423 g/mol. The minimum atomic E-state index is -0.242. The first-order valence-electron chi connectivity index (χ1n) is 9.57. The summed E-state index contributed by atoms with van der Waals surface area (Å²) in [5.74, 6) is 1.01. The highest BCUT2D eigenvalue weighted by atomic mass is 32.1. The van der Waals surface area contributed by atoms with E-state index < -0.39 is 0 Å². The molecule has 1 N–H and O–H groups in total. The van der Waals surface area contributed by atoms with Crippen LogP contribution in [0.3, 0.4) is 0 Å². The third kappa shape index (κ3) is 5.27. The van der Waals surface area contributed by atoms with Gasteiger partial charge >= 0.3 is 0 Å². The van der Waals surface area contributed by atoms with Crippen LogP contribution in [-0.2, 0) is 10.2 Å². The predicted molar refractivity (Wildman–Crippen MR) is 123 cm³/mol. The number of rotatable bonds is 6. The van der Waals surface area contributed by atoms with Crippen molar-refractivity contribution in [3.05, 3.63) is 65.0 Å². The topological polar surface area (TPSA) is 60.5 Å². The van der Waals surface area contributed by atoms with Crippen LogP contribution in [0.2, 0.25) is 0 Å². The van der Waals surface area contributed by atoms with E-state index in [4.69, 9.17) is 9.47 Å². The van der Waals surface area contributed by atoms with Gasteiger partial charge in [-0.2, -0.15) is 0 Å². The molecule has 3 rings (SSSR count). The Morgan fingerprint density at radius 1 is 1.03 bits per heavy atom. The number of hydrogen-bond donors (Lipinski definition) is 1. The van der Waals surface area contributed by atoms with Crippen molar-refractivity contribution in [2.24, 2.45) is 0 Å². The van der Waals surface area contributed by atoms with E-state index in [-0.39, 0.29) is 11.3 Å². The zero-order valence-electron chi connectivity index (χ0n) is 17.9. The van der Waals surface area contributed by atoms with Crippen molar-refractivity contribution < 1.29 is 14.3 Å². The predicted octanol–water partition coefficient (Wildman–Crippen LogP) is 5.78. The molecule has 1 amide bonds. The molecule has 0 aliphatic rings. The number of aromatic nitrogens is 1. The van der Waals surface area contributed by atoms with E-state index in [9.17, 15) is 4.79 Å². The van der Waals surface area contributed by atoms with Crippen LogP contribution >= 0.6 is 11.3 Å². The number of nitrogens with zero attached hydrogens (tertiary/aromatic N) is 1. The van der Waals surface area contributed by atoms with Gasteiger partial charge in [0.25, 0.3) is 0 Å². The maximum Gasteiger partial charge on any atom is 0.250 e. The van der Waals surface area contributed by atoms with Crippen LogP contribution in [0.15, 0.2) is 53.9 Å². The van der Waals surface area contributed by atoms with Gasteiger partial charge in [-0.1, -0.05) is 51.1 Å². The fourth-order valence-corrected chi connectivity index (χ4v) is 3.60. The van der Waals surface area contributed by atoms with Gasteiger partial charge in [-0.05, 0) is 34.8 Å². The summed E-state index contributed by atoms with van der Waals surface area (Å²) in [7, 11) is 3.16. The fourth-order valence-electron chi connectivity index (χ4n) is 2.88. The lowest BCUT2D eigenvalue weighted by molar-refractivity contribution is -0.111. The zero-order valence-corrected chi connectivity index (χ0v) is 18.7. The van der Waals surface area contributed by atoms with Gasteiger partial charge in [0.1, 0.15) is 0 Å². The number of thiazole rings is 1. The molecule has 1 heterocycles. The van der Waals surface area contributed by atoms with Gasteiger partial charge in [-0.3, -0.25) is 10.1 Å². The van der Waals surface area contributed by atoms with E-state index in [1.807, 2.05) is 17.5 Å². The number of anilines is 1. The molecular weight excluding hydrogens is 396 g/mol. The average Bonchev–Trinajstić information content (AvgIpc) is 3.19. The smallest absolute Gasteiger partial charge is 0.250 e. The molecule has 2 aromatic carbocycles. The first-order chi connectivity index (χ1) is 14.3. The van der Waals surface area contributed by atoms with Crippen molar-refractivity contribution in [3.8, 4) is 22.8 Å². The monoisotopic (exact) mass is 422 g/mol. The van der Waals surface area contributed by atoms with Gasteiger partial charge in [0, 0.05) is 17.0 Å². The van der Waals surface area contributed by atoms with Crippen LogP contribution < -0.4 is 14.8 Å². The molecule has 0 unspecified atom stereocenters. The van der Waals surface area contributed by atoms with E-state index in [0.29, 0.717) is 16.6 Å². The molecule has 0 aliphatic carbocycles. The van der Waals surface area contributed by atoms with Crippen LogP contribution in [0.5, 0.6) is 11.5 Å². The largest absolute Gasteiger partial charge is 0.493 e. The summed E-state index contributed by atoms with van der Waals surface area (Å²) in [6, 6.07) is 13.8. The first-order valence-corrected chi connectivity index (χ1v) is 10.5. The quantitative estimate of drug-likeness (QED) is 0.512. The number of benzene rings is 2. The zero-order chi connectivity index (χ0) is 21.7. The highest BCUT2D eigenvalue weighted by Gasteiger charge is 2.14. The van der Waals surface area contributed by atoms with Crippen molar-refractivity contribution in [1.82, 2.24) is 4.98 Å². The Bertz CT molecular complexity index is 1050. The van der Waals surface area contributed by atoms with E-state index in [0.717, 1.165) is 16.8 Å². The molecule has 5 nitrogen and oxygen atoms in total. The minimum absolute atomic E-state index is 0.111. The Kier molecular flexibility index (Phi) is 6.57. The molecule has 0 aliphatic heterocycles. The van der Waals surface area contributed by atoms with E-state index in [2.05, 4.69) is 55.3 Å². The molecule has 0 saturated heterocycles. The Labute approximate surface area is 181 Å². The summed E-state index contributed by atoms with van der Waals surface area (Å²) in [4.78, 5) is 16.8. The maximum absolute atomic E-state index is 12.3. The molecule has 30 heavy (non-hydrogen) atoms. The number of nitrogens with one attached hydrogen (secondary N) is 1. The molecule has 0 radical (unpaired) electrons. The molecule has 1 aromatic heterocycles. The van der Waals surface area contributed by atoms with Gasteiger partial charge in [0.2, 0.25) is 5.91 Å². The summed E-state index contributed by atoms with van der Waals surface area (Å²) >= 11 is 1.40. The summed E-state index contributed by atoms with van der Waals surface area (Å²) in [6.45, 7) is 6.57. The van der Waals surface area contributed by atoms with Crippen molar-refractivity contribution >= 4 is 28.5 Å². The Morgan fingerprint density at radius 3 is 2.37 bits per heavy atom. The minimum Gasteiger partial charge on any atom is -0.493 e. The standard InChI is InChI=1S/C24H26N2O3S/c1-24(2,3)18-10-8-17(9-11-18)19-15-30-23(25-19)26-22(27)13-7-16-6-12-20(28-4)21(14-16)29-5/h6-15H,1-5H3,(H,25,26,27). The van der Waals surface area contributed by atoms with Crippen LogP contribution in [-0.4, -0.2) is 25.1 Å². The van der Waals surface area contributed by atoms with Crippen LogP contribution in [0, 0.1) is 0 Å². The Balaban J connectivity index is 1.66. The number of hydrogen-bond acceptors (Lipinski definition) is 5. The van der Waals surface area contributed by atoms with E-state index in [1.165, 1.54) is 23.0 Å². The van der Waals surface area contributed by atoms with E-state index >= 15 is 0 Å². The number of ether oxygens (including phenoxy) is 2. The van der Waals surface area contributed by atoms with Crippen LogP contribution in [0.25, 0.3) is 17.3 Å². The van der Waals surface area contributed by atoms with Gasteiger partial charge in [0.05, 0.1) is 19.9 Å². The molecular formula is C24H26N2O3S. The summed E-state index contributed by atoms with van der Waals surface area (Å²) in [6.07, 6.45) is 3.19. The van der Waals surface area contributed by atoms with Crippen molar-refractivity contribution in [2.75, 3.05) is 19.5 Å². The SMILES string of the molecule is COc1ccc(C=CC(=O)Nc2nc(-c3ccc(C(C)(C)C)cc3)cs2)cc1OC. The molecule has 0 bridgehead atoms. The first kappa shape index (κ1) is 21.6. The number of carbonyl (C=O) groups excluding carboxylic acids is 1. The number of amides is 1. The molecule has 3 aromatic rings. The lowest BCUT2D eigenvalue weighted by Gasteiger charge is -2.18. The highest BCUT2D eigenvalue weighted by molar-refractivity contribution is 7.14. The lowest BCUT2D eigenvalue weighted by Crippen LogP contribution is -2.10. The molecule has 6 heteroatoms. The summed E-state index contributed by atoms with van der Waals surface area (Å²) in [5.41, 5.74) is 4.09. The summed E-state index contributed by atoms with van der Waals surface area (Å²) in [5, 5.41) is 5.32. The van der Waals surface area contributed by atoms with Crippen molar-refractivity contribution in [2.45, 2.75) is 26.2 Å². The number of carbonyl (C=O) groups is 1. The fraction of sp³-hybridized carbons (Fsp3) is 0.250. The molecule has 0 fully saturated rings. The summed E-state index contributed by atoms with van der Waals surface area (Å²) < 4.78 is 10.5. The van der Waals surface area contributed by atoms with Gasteiger partial charge in [-0.25, -0.2) is 4.98 Å². The second kappa shape index (κ2) is 9.13. The Morgan fingerprint density at radius 2 is 1.73 bits per heavy atom. The normalized spacial score (nSPS) is 11.5. The second-order valence-electron chi connectivity index (χ2n) is 7.80. The van der Waals surface area contributed by atoms with Gasteiger partial charge in [-0.15, -0.1) is 11.3 Å². The second-order valence-corrected chi connectivity index (χ2v) is 8.66. The third-order valence-corrected chi connectivity index (χ3v) is 5.37. The van der Waals surface area contributed by atoms with Gasteiger partial charge in [0.15, 0.2) is 16.6 Å². The lowest BCUT2D eigenvalue weighted by atomic mass is 9.86. The molecule has 0 spiro atoms. The van der Waals surface area contributed by atoms with Gasteiger partial charge < -0.3 is 9.47 Å².